The van der Waals surface area contributed by atoms with Crippen LogP contribution in [0.2, 0.25) is 5.15 Å². The number of hydrazone groups is 1. The van der Waals surface area contributed by atoms with Gasteiger partial charge >= 0.3 is 12.4 Å². The molecule has 1 heterocycles. The largest absolute Gasteiger partial charge is 0.484 e. The van der Waals surface area contributed by atoms with Crippen LogP contribution in [0.3, 0.4) is 0 Å². The minimum Gasteiger partial charge on any atom is -0.484 e. The van der Waals surface area contributed by atoms with Crippen molar-refractivity contribution in [2.45, 2.75) is 12.4 Å². The van der Waals surface area contributed by atoms with Crippen LogP contribution in [-0.2, 0) is 0 Å². The zero-order chi connectivity index (χ0) is 23.1. The summed E-state index contributed by atoms with van der Waals surface area (Å²) < 4.78 is 83.3. The molecule has 31 heavy (non-hydrogen) atoms. The molecule has 0 bridgehead atoms. The number of alkyl halides is 6. The molecule has 0 atom stereocenters. The van der Waals surface area contributed by atoms with E-state index in [4.69, 9.17) is 11.6 Å². The third-order valence-corrected chi connectivity index (χ3v) is 3.35. The molecule has 0 saturated heterocycles. The number of hydrogen-bond acceptors (Lipinski definition) is 6. The van der Waals surface area contributed by atoms with Crippen molar-refractivity contribution in [1.82, 2.24) is 10.3 Å². The normalized spacial score (nSPS) is 12.0. The van der Waals surface area contributed by atoms with Gasteiger partial charge in [0.15, 0.2) is 13.2 Å². The lowest BCUT2D eigenvalue weighted by Gasteiger charge is -2.15. The van der Waals surface area contributed by atoms with Crippen molar-refractivity contribution in [1.29, 1.82) is 0 Å². The number of amides is 1. The van der Waals surface area contributed by atoms with Gasteiger partial charge in [0, 0.05) is 0 Å². The van der Waals surface area contributed by atoms with E-state index in [0.29, 0.717) is 0 Å². The van der Waals surface area contributed by atoms with E-state index in [1.807, 2.05) is 0 Å². The van der Waals surface area contributed by atoms with Crippen LogP contribution in [0.15, 0.2) is 41.5 Å². The molecule has 0 aliphatic carbocycles. The van der Waals surface area contributed by atoms with Crippen LogP contribution in [-0.4, -0.2) is 42.8 Å². The molecule has 0 fully saturated rings. The maximum atomic E-state index is 12.4. The van der Waals surface area contributed by atoms with Gasteiger partial charge in [0.05, 0.1) is 5.56 Å². The summed E-state index contributed by atoms with van der Waals surface area (Å²) in [5.41, 5.74) is 1.93. The van der Waals surface area contributed by atoms with Gasteiger partial charge in [0.25, 0.3) is 5.91 Å². The Morgan fingerprint density at radius 1 is 1.06 bits per heavy atom. The standard InChI is InChI=1S/C17H13ClF6N4O3/c18-13-2-1-3-14(27-13)28-26-9-25-15(29)11-6-10(30-7-16(19,20)21)4-5-12(11)31-8-17(22,23)24/h1-6,9H,7-8H2,(H,27,28)(H,25,26,29). The molecule has 14 heteroatoms. The van der Waals surface area contributed by atoms with Gasteiger partial charge in [-0.25, -0.2) is 4.98 Å². The van der Waals surface area contributed by atoms with Gasteiger partial charge in [0.2, 0.25) is 0 Å². The average Bonchev–Trinajstić information content (AvgIpc) is 2.67. The number of nitrogens with one attached hydrogen (secondary N) is 2. The van der Waals surface area contributed by atoms with E-state index >= 15 is 0 Å². The predicted molar refractivity (Wildman–Crippen MR) is 98.4 cm³/mol. The highest BCUT2D eigenvalue weighted by Crippen LogP contribution is 2.27. The Kier molecular flexibility index (Phi) is 7.91. The van der Waals surface area contributed by atoms with Crippen molar-refractivity contribution < 1.29 is 40.6 Å². The fourth-order valence-corrected chi connectivity index (χ4v) is 2.13. The van der Waals surface area contributed by atoms with Crippen LogP contribution in [0.4, 0.5) is 32.2 Å². The molecule has 2 rings (SSSR count). The SMILES string of the molecule is O=C(N/C=N\Nc1cccc(Cl)n1)c1cc(OCC(F)(F)F)ccc1OCC(F)(F)F. The van der Waals surface area contributed by atoms with Crippen molar-refractivity contribution in [3.05, 3.63) is 47.1 Å². The molecule has 1 aromatic carbocycles. The summed E-state index contributed by atoms with van der Waals surface area (Å²) >= 11 is 5.69. The molecule has 1 aromatic heterocycles. The van der Waals surface area contributed by atoms with Gasteiger partial charge in [-0.2, -0.15) is 31.4 Å². The molecule has 0 radical (unpaired) electrons. The molecule has 0 aliphatic rings. The van der Waals surface area contributed by atoms with Gasteiger partial charge in [-0.3, -0.25) is 10.2 Å². The van der Waals surface area contributed by atoms with Gasteiger partial charge in [-0.15, -0.1) is 0 Å². The van der Waals surface area contributed by atoms with E-state index < -0.39 is 48.5 Å². The number of pyridine rings is 1. The molecule has 0 unspecified atom stereocenters. The molecule has 7 nitrogen and oxygen atoms in total. The summed E-state index contributed by atoms with van der Waals surface area (Å²) in [5, 5.41) is 5.93. The van der Waals surface area contributed by atoms with Gasteiger partial charge in [-0.1, -0.05) is 17.7 Å². The van der Waals surface area contributed by atoms with E-state index in [1.54, 1.807) is 6.07 Å². The van der Waals surface area contributed by atoms with Crippen molar-refractivity contribution in [3.8, 4) is 11.5 Å². The molecular weight excluding hydrogens is 458 g/mol. The topological polar surface area (TPSA) is 84.8 Å². The molecule has 0 saturated carbocycles. The number of anilines is 1. The quantitative estimate of drug-likeness (QED) is 0.196. The fourth-order valence-electron chi connectivity index (χ4n) is 1.96. The molecule has 0 spiro atoms. The first-order valence-corrected chi connectivity index (χ1v) is 8.55. The number of ether oxygens (including phenoxy) is 2. The van der Waals surface area contributed by atoms with Crippen LogP contribution in [0.25, 0.3) is 0 Å². The molecular formula is C17H13ClF6N4O3. The maximum Gasteiger partial charge on any atom is 0.422 e. The van der Waals surface area contributed by atoms with Crippen LogP contribution >= 0.6 is 11.6 Å². The lowest BCUT2D eigenvalue weighted by atomic mass is 10.1. The summed E-state index contributed by atoms with van der Waals surface area (Å²) in [7, 11) is 0. The number of benzene rings is 1. The van der Waals surface area contributed by atoms with Crippen molar-refractivity contribution in [2.75, 3.05) is 18.6 Å². The molecule has 1 amide bonds. The molecule has 2 aromatic rings. The van der Waals surface area contributed by atoms with Crippen LogP contribution < -0.4 is 20.2 Å². The average molecular weight is 471 g/mol. The Bertz CT molecular complexity index is 937. The first kappa shape index (κ1) is 24.1. The maximum absolute atomic E-state index is 12.4. The highest BCUT2D eigenvalue weighted by molar-refractivity contribution is 6.29. The first-order valence-electron chi connectivity index (χ1n) is 8.17. The van der Waals surface area contributed by atoms with Crippen molar-refractivity contribution >= 4 is 29.7 Å². The van der Waals surface area contributed by atoms with Gasteiger partial charge in [-0.05, 0) is 30.3 Å². The summed E-state index contributed by atoms with van der Waals surface area (Å²) in [6, 6.07) is 7.23. The van der Waals surface area contributed by atoms with E-state index in [2.05, 4.69) is 30.3 Å². The predicted octanol–water partition coefficient (Wildman–Crippen LogP) is 4.40. The van der Waals surface area contributed by atoms with Gasteiger partial charge in [0.1, 0.15) is 28.8 Å². The fraction of sp³-hybridized carbons (Fsp3) is 0.235. The number of rotatable bonds is 8. The number of halogens is 7. The van der Waals surface area contributed by atoms with Gasteiger partial charge < -0.3 is 14.8 Å². The third kappa shape index (κ3) is 8.99. The Labute approximate surface area is 176 Å². The summed E-state index contributed by atoms with van der Waals surface area (Å²) in [4.78, 5) is 16.2. The van der Waals surface area contributed by atoms with Crippen LogP contribution in [0, 0.1) is 0 Å². The van der Waals surface area contributed by atoms with Crippen molar-refractivity contribution in [2.24, 2.45) is 5.10 Å². The Morgan fingerprint density at radius 2 is 1.74 bits per heavy atom. The Hall–Kier alpha value is -3.22. The second-order valence-electron chi connectivity index (χ2n) is 5.65. The molecule has 168 valence electrons. The zero-order valence-electron chi connectivity index (χ0n) is 15.2. The second-order valence-corrected chi connectivity index (χ2v) is 6.04. The number of carbonyl (C=O) groups is 1. The number of nitrogens with zero attached hydrogens (tertiary/aromatic N) is 2. The smallest absolute Gasteiger partial charge is 0.422 e. The van der Waals surface area contributed by atoms with E-state index in [-0.39, 0.29) is 11.0 Å². The Morgan fingerprint density at radius 3 is 2.39 bits per heavy atom. The number of carbonyl (C=O) groups excluding carboxylic acids is 1. The van der Waals surface area contributed by atoms with Crippen molar-refractivity contribution in [3.63, 3.8) is 0 Å². The summed E-state index contributed by atoms with van der Waals surface area (Å²) in [5.74, 6) is -1.71. The van der Waals surface area contributed by atoms with E-state index in [0.717, 1.165) is 24.5 Å². The number of aromatic nitrogens is 1. The Balaban J connectivity index is 2.12. The third-order valence-electron chi connectivity index (χ3n) is 3.14. The minimum atomic E-state index is -4.70. The zero-order valence-corrected chi connectivity index (χ0v) is 16.0. The molecule has 2 N–H and O–H groups in total. The summed E-state index contributed by atoms with van der Waals surface area (Å²) in [6.45, 7) is -3.37. The second kappa shape index (κ2) is 10.2. The summed E-state index contributed by atoms with van der Waals surface area (Å²) in [6.07, 6.45) is -8.50. The van der Waals surface area contributed by atoms with Crippen LogP contribution in [0.5, 0.6) is 11.5 Å². The number of hydrogen-bond donors (Lipinski definition) is 2. The molecule has 0 aliphatic heterocycles. The monoisotopic (exact) mass is 470 g/mol. The van der Waals surface area contributed by atoms with Crippen LogP contribution in [0.1, 0.15) is 10.4 Å². The lowest BCUT2D eigenvalue weighted by Crippen LogP contribution is -2.25. The highest BCUT2D eigenvalue weighted by Gasteiger charge is 2.30. The van der Waals surface area contributed by atoms with E-state index in [9.17, 15) is 31.1 Å². The van der Waals surface area contributed by atoms with E-state index in [1.165, 1.54) is 12.1 Å². The lowest BCUT2D eigenvalue weighted by molar-refractivity contribution is -0.154. The first-order chi connectivity index (χ1) is 14.4. The highest BCUT2D eigenvalue weighted by atomic mass is 35.5. The minimum absolute atomic E-state index is 0.173.